The molecular formula is C21H28N6OS. The number of rotatable bonds is 5. The van der Waals surface area contributed by atoms with Gasteiger partial charge in [-0.15, -0.1) is 11.3 Å². The molecule has 29 heavy (non-hydrogen) atoms. The molecule has 0 aromatic carbocycles. The van der Waals surface area contributed by atoms with E-state index in [2.05, 4.69) is 36.4 Å². The highest BCUT2D eigenvalue weighted by Gasteiger charge is 2.26. The molecule has 3 N–H and O–H groups in total. The standard InChI is InChI=1S/C21H28N6OS/c1-12-17(19-26-15-10-22-8-7-16(15)29-19)18(25-13-5-6-14(28)9-13)27-20(24-12)23-11-21(2,3)4/h7-8,10,13-14,28H,5-6,9,11H2,1-4H3,(H2,23,24,25,27)/t13-,14-/m1/s1. The zero-order valence-corrected chi connectivity index (χ0v) is 18.2. The van der Waals surface area contributed by atoms with Gasteiger partial charge in [-0.1, -0.05) is 20.8 Å². The van der Waals surface area contributed by atoms with Crippen molar-refractivity contribution in [1.29, 1.82) is 0 Å². The number of aliphatic hydroxyl groups is 1. The second kappa shape index (κ2) is 7.84. The lowest BCUT2D eigenvalue weighted by Crippen LogP contribution is -2.22. The van der Waals surface area contributed by atoms with E-state index in [1.165, 1.54) is 0 Å². The molecule has 4 rings (SSSR count). The molecule has 1 aliphatic carbocycles. The van der Waals surface area contributed by atoms with Gasteiger partial charge in [-0.05, 0) is 37.7 Å². The Labute approximate surface area is 175 Å². The van der Waals surface area contributed by atoms with Crippen molar-refractivity contribution >= 4 is 33.3 Å². The van der Waals surface area contributed by atoms with Crippen LogP contribution in [0.2, 0.25) is 0 Å². The van der Waals surface area contributed by atoms with Crippen LogP contribution in [-0.2, 0) is 0 Å². The Morgan fingerprint density at radius 1 is 1.21 bits per heavy atom. The summed E-state index contributed by atoms with van der Waals surface area (Å²) in [6.45, 7) is 9.30. The SMILES string of the molecule is Cc1nc(NCC(C)(C)C)nc(N[C@@H]2CC[C@@H](O)C2)c1-c1nc2cnccc2s1. The lowest BCUT2D eigenvalue weighted by atomic mass is 9.97. The van der Waals surface area contributed by atoms with E-state index in [-0.39, 0.29) is 17.6 Å². The van der Waals surface area contributed by atoms with Gasteiger partial charge in [0.25, 0.3) is 0 Å². The van der Waals surface area contributed by atoms with Crippen LogP contribution in [0, 0.1) is 12.3 Å². The van der Waals surface area contributed by atoms with Gasteiger partial charge in [0.05, 0.1) is 28.3 Å². The highest BCUT2D eigenvalue weighted by molar-refractivity contribution is 7.21. The predicted octanol–water partition coefficient (Wildman–Crippen LogP) is 4.24. The van der Waals surface area contributed by atoms with Gasteiger partial charge in [0, 0.05) is 18.8 Å². The van der Waals surface area contributed by atoms with Gasteiger partial charge in [0.1, 0.15) is 16.3 Å². The summed E-state index contributed by atoms with van der Waals surface area (Å²) in [5.41, 5.74) is 2.81. The summed E-state index contributed by atoms with van der Waals surface area (Å²) in [6.07, 6.45) is 5.80. The summed E-state index contributed by atoms with van der Waals surface area (Å²) >= 11 is 1.62. The van der Waals surface area contributed by atoms with Gasteiger partial charge >= 0.3 is 0 Å². The molecule has 1 aliphatic rings. The number of anilines is 2. The molecule has 0 radical (unpaired) electrons. The number of hydrogen-bond acceptors (Lipinski definition) is 8. The smallest absolute Gasteiger partial charge is 0.224 e. The van der Waals surface area contributed by atoms with Crippen LogP contribution < -0.4 is 10.6 Å². The molecule has 0 saturated heterocycles. The number of thiazole rings is 1. The fourth-order valence-corrected chi connectivity index (χ4v) is 4.56. The summed E-state index contributed by atoms with van der Waals surface area (Å²) in [7, 11) is 0. The molecule has 1 fully saturated rings. The average molecular weight is 413 g/mol. The first-order chi connectivity index (χ1) is 13.8. The van der Waals surface area contributed by atoms with Gasteiger partial charge < -0.3 is 15.7 Å². The maximum atomic E-state index is 9.94. The van der Waals surface area contributed by atoms with Crippen molar-refractivity contribution in [2.75, 3.05) is 17.2 Å². The summed E-state index contributed by atoms with van der Waals surface area (Å²) in [5, 5.41) is 17.8. The Balaban J connectivity index is 1.73. The van der Waals surface area contributed by atoms with E-state index >= 15 is 0 Å². The van der Waals surface area contributed by atoms with E-state index in [9.17, 15) is 5.11 Å². The second-order valence-electron chi connectivity index (χ2n) is 8.94. The summed E-state index contributed by atoms with van der Waals surface area (Å²) in [4.78, 5) is 18.5. The van der Waals surface area contributed by atoms with Crippen molar-refractivity contribution in [1.82, 2.24) is 19.9 Å². The normalized spacial score (nSPS) is 19.6. The number of fused-ring (bicyclic) bond motifs is 1. The quantitative estimate of drug-likeness (QED) is 0.577. The molecule has 2 atom stereocenters. The first-order valence-corrected chi connectivity index (χ1v) is 10.9. The molecule has 0 unspecified atom stereocenters. The zero-order chi connectivity index (χ0) is 20.6. The Morgan fingerprint density at radius 2 is 2.03 bits per heavy atom. The minimum Gasteiger partial charge on any atom is -0.393 e. The largest absolute Gasteiger partial charge is 0.393 e. The average Bonchev–Trinajstić information content (AvgIpc) is 3.25. The van der Waals surface area contributed by atoms with Crippen molar-refractivity contribution in [3.63, 3.8) is 0 Å². The molecule has 0 aliphatic heterocycles. The Morgan fingerprint density at radius 3 is 2.72 bits per heavy atom. The molecule has 1 saturated carbocycles. The molecule has 0 amide bonds. The van der Waals surface area contributed by atoms with E-state index in [0.29, 0.717) is 5.95 Å². The zero-order valence-electron chi connectivity index (χ0n) is 17.4. The third-order valence-electron chi connectivity index (χ3n) is 5.02. The molecule has 3 heterocycles. The van der Waals surface area contributed by atoms with Crippen LogP contribution in [0.5, 0.6) is 0 Å². The second-order valence-corrected chi connectivity index (χ2v) is 9.97. The Kier molecular flexibility index (Phi) is 5.40. The Bertz CT molecular complexity index is 979. The number of pyridine rings is 1. The maximum absolute atomic E-state index is 9.94. The number of nitrogens with zero attached hydrogens (tertiary/aromatic N) is 4. The minimum absolute atomic E-state index is 0.124. The highest BCUT2D eigenvalue weighted by Crippen LogP contribution is 2.37. The van der Waals surface area contributed by atoms with E-state index < -0.39 is 0 Å². The van der Waals surface area contributed by atoms with Crippen LogP contribution in [-0.4, -0.2) is 43.7 Å². The van der Waals surface area contributed by atoms with Crippen LogP contribution in [0.1, 0.15) is 45.7 Å². The summed E-state index contributed by atoms with van der Waals surface area (Å²) < 4.78 is 1.09. The van der Waals surface area contributed by atoms with E-state index in [1.54, 1.807) is 23.7 Å². The van der Waals surface area contributed by atoms with Crippen molar-refractivity contribution in [3.8, 4) is 10.6 Å². The molecule has 0 spiro atoms. The lowest BCUT2D eigenvalue weighted by Gasteiger charge is -2.21. The fraction of sp³-hybridized carbons (Fsp3) is 0.524. The number of aromatic nitrogens is 4. The molecule has 7 nitrogen and oxygen atoms in total. The van der Waals surface area contributed by atoms with Gasteiger partial charge in [-0.2, -0.15) is 4.98 Å². The van der Waals surface area contributed by atoms with Crippen molar-refractivity contribution in [2.45, 2.75) is 59.1 Å². The first-order valence-electron chi connectivity index (χ1n) is 10.1. The van der Waals surface area contributed by atoms with Crippen LogP contribution in [0.4, 0.5) is 11.8 Å². The topological polar surface area (TPSA) is 95.9 Å². The van der Waals surface area contributed by atoms with E-state index in [0.717, 1.165) is 58.1 Å². The van der Waals surface area contributed by atoms with E-state index in [4.69, 9.17) is 15.0 Å². The third-order valence-corrected chi connectivity index (χ3v) is 6.07. The van der Waals surface area contributed by atoms with Crippen LogP contribution in [0.25, 0.3) is 20.8 Å². The van der Waals surface area contributed by atoms with Gasteiger partial charge in [0.2, 0.25) is 5.95 Å². The molecule has 3 aromatic heterocycles. The Hall–Kier alpha value is -2.32. The number of aliphatic hydroxyl groups excluding tert-OH is 1. The van der Waals surface area contributed by atoms with E-state index in [1.807, 2.05) is 13.0 Å². The number of nitrogens with one attached hydrogen (secondary N) is 2. The summed E-state index contributed by atoms with van der Waals surface area (Å²) in [6, 6.07) is 2.18. The lowest BCUT2D eigenvalue weighted by molar-refractivity contribution is 0.182. The molecule has 3 aromatic rings. The molecule has 8 heteroatoms. The van der Waals surface area contributed by atoms with Gasteiger partial charge in [-0.3, -0.25) is 4.98 Å². The van der Waals surface area contributed by atoms with Crippen LogP contribution >= 0.6 is 11.3 Å². The van der Waals surface area contributed by atoms with Crippen molar-refractivity contribution in [3.05, 3.63) is 24.2 Å². The monoisotopic (exact) mass is 412 g/mol. The predicted molar refractivity (Wildman–Crippen MR) is 118 cm³/mol. The fourth-order valence-electron chi connectivity index (χ4n) is 3.53. The third kappa shape index (κ3) is 4.64. The first kappa shape index (κ1) is 20.0. The number of aryl methyl sites for hydroxylation is 1. The number of hydrogen-bond donors (Lipinski definition) is 3. The van der Waals surface area contributed by atoms with Crippen molar-refractivity contribution in [2.24, 2.45) is 5.41 Å². The highest BCUT2D eigenvalue weighted by atomic mass is 32.1. The van der Waals surface area contributed by atoms with Gasteiger partial charge in [0.15, 0.2) is 0 Å². The van der Waals surface area contributed by atoms with Crippen LogP contribution in [0.3, 0.4) is 0 Å². The molecule has 154 valence electrons. The maximum Gasteiger partial charge on any atom is 0.224 e. The molecular weight excluding hydrogens is 384 g/mol. The van der Waals surface area contributed by atoms with Crippen molar-refractivity contribution < 1.29 is 5.11 Å². The van der Waals surface area contributed by atoms with Gasteiger partial charge in [-0.25, -0.2) is 9.97 Å². The minimum atomic E-state index is -0.245. The summed E-state index contributed by atoms with van der Waals surface area (Å²) in [5.74, 6) is 1.39. The van der Waals surface area contributed by atoms with Crippen LogP contribution in [0.15, 0.2) is 18.5 Å². The molecule has 0 bridgehead atoms.